The van der Waals surface area contributed by atoms with E-state index < -0.39 is 0 Å². The number of hydrogen-bond acceptors (Lipinski definition) is 4. The fourth-order valence-corrected chi connectivity index (χ4v) is 4.29. The summed E-state index contributed by atoms with van der Waals surface area (Å²) in [5, 5.41) is 13.4. The van der Waals surface area contributed by atoms with Crippen LogP contribution in [0, 0.1) is 5.82 Å². The Kier molecular flexibility index (Phi) is 7.24. The maximum Gasteiger partial charge on any atom is 0.322 e. The average Bonchev–Trinajstić information content (AvgIpc) is 3.38. The third kappa shape index (κ3) is 5.51. The van der Waals surface area contributed by atoms with Crippen LogP contribution in [0.1, 0.15) is 25.3 Å². The number of benzene rings is 2. The zero-order valence-corrected chi connectivity index (χ0v) is 19.1. The molecule has 174 valence electrons. The van der Waals surface area contributed by atoms with Gasteiger partial charge in [0.05, 0.1) is 17.6 Å². The van der Waals surface area contributed by atoms with Crippen LogP contribution < -0.4 is 15.5 Å². The number of nitrogens with zero attached hydrogens (tertiary/aromatic N) is 3. The molecule has 1 fully saturated rings. The summed E-state index contributed by atoms with van der Waals surface area (Å²) in [6.45, 7) is 4.73. The quantitative estimate of drug-likeness (QED) is 0.497. The second-order valence-electron chi connectivity index (χ2n) is 8.39. The first-order valence-corrected chi connectivity index (χ1v) is 11.4. The highest BCUT2D eigenvalue weighted by Crippen LogP contribution is 2.33. The smallest absolute Gasteiger partial charge is 0.322 e. The van der Waals surface area contributed by atoms with Crippen LogP contribution >= 0.6 is 0 Å². The van der Waals surface area contributed by atoms with E-state index in [1.165, 1.54) is 12.1 Å². The Labute approximate surface area is 194 Å². The summed E-state index contributed by atoms with van der Waals surface area (Å²) in [5.41, 5.74) is 4.51. The summed E-state index contributed by atoms with van der Waals surface area (Å²) in [6, 6.07) is 12.6. The largest absolute Gasteiger partial charge is 0.370 e. The molecule has 8 heteroatoms. The van der Waals surface area contributed by atoms with Crippen molar-refractivity contribution in [2.45, 2.75) is 32.4 Å². The Bertz CT molecular complexity index is 1060. The van der Waals surface area contributed by atoms with Gasteiger partial charge >= 0.3 is 6.03 Å². The van der Waals surface area contributed by atoms with Crippen molar-refractivity contribution in [1.82, 2.24) is 20.4 Å². The number of amides is 2. The van der Waals surface area contributed by atoms with Gasteiger partial charge in [0.25, 0.3) is 0 Å². The van der Waals surface area contributed by atoms with Crippen LogP contribution in [0.4, 0.5) is 20.6 Å². The lowest BCUT2D eigenvalue weighted by molar-refractivity contribution is 0.212. The molecule has 33 heavy (non-hydrogen) atoms. The first-order valence-electron chi connectivity index (χ1n) is 11.4. The number of anilines is 2. The van der Waals surface area contributed by atoms with E-state index in [-0.39, 0.29) is 11.8 Å². The van der Waals surface area contributed by atoms with Crippen LogP contribution in [0.3, 0.4) is 0 Å². The summed E-state index contributed by atoms with van der Waals surface area (Å²) in [4.78, 5) is 17.1. The van der Waals surface area contributed by atoms with Crippen LogP contribution in [0.25, 0.3) is 11.1 Å². The number of carbonyl (C=O) groups is 1. The van der Waals surface area contributed by atoms with Gasteiger partial charge in [-0.25, -0.2) is 9.18 Å². The van der Waals surface area contributed by atoms with Gasteiger partial charge in [-0.2, -0.15) is 5.10 Å². The van der Waals surface area contributed by atoms with E-state index in [2.05, 4.69) is 38.8 Å². The van der Waals surface area contributed by atoms with Gasteiger partial charge in [-0.1, -0.05) is 18.2 Å². The molecule has 1 aromatic heterocycles. The predicted molar refractivity (Wildman–Crippen MR) is 130 cm³/mol. The van der Waals surface area contributed by atoms with Crippen LogP contribution in [-0.4, -0.2) is 53.9 Å². The number of halogens is 1. The normalized spacial score (nSPS) is 14.2. The molecule has 0 spiro atoms. The van der Waals surface area contributed by atoms with Crippen molar-refractivity contribution in [3.8, 4) is 11.1 Å². The lowest BCUT2D eigenvalue weighted by atomic mass is 10.0. The van der Waals surface area contributed by atoms with Gasteiger partial charge in [0.2, 0.25) is 0 Å². The number of piperidine rings is 1. The summed E-state index contributed by atoms with van der Waals surface area (Å²) in [5.74, 6) is -0.301. The molecule has 3 aromatic rings. The van der Waals surface area contributed by atoms with Crippen LogP contribution in [0.5, 0.6) is 0 Å². The highest BCUT2D eigenvalue weighted by atomic mass is 19.1. The molecule has 1 aliphatic rings. The van der Waals surface area contributed by atoms with Crippen molar-refractivity contribution in [2.24, 2.45) is 0 Å². The van der Waals surface area contributed by atoms with Crippen molar-refractivity contribution < 1.29 is 9.18 Å². The predicted octanol–water partition coefficient (Wildman–Crippen LogP) is 4.46. The van der Waals surface area contributed by atoms with Crippen molar-refractivity contribution in [2.75, 3.05) is 36.9 Å². The molecular formula is C25H31FN6O. The van der Waals surface area contributed by atoms with E-state index >= 15 is 0 Å². The number of rotatable bonds is 7. The van der Waals surface area contributed by atoms with Gasteiger partial charge in [-0.3, -0.25) is 5.10 Å². The second-order valence-corrected chi connectivity index (χ2v) is 8.39. The summed E-state index contributed by atoms with van der Waals surface area (Å²) < 4.78 is 13.6. The first kappa shape index (κ1) is 22.8. The van der Waals surface area contributed by atoms with Crippen molar-refractivity contribution >= 4 is 17.4 Å². The highest BCUT2D eigenvalue weighted by molar-refractivity contribution is 5.94. The Hall–Kier alpha value is -3.39. The minimum absolute atomic E-state index is 0.210. The van der Waals surface area contributed by atoms with E-state index in [9.17, 15) is 9.18 Å². The zero-order chi connectivity index (χ0) is 23.2. The second kappa shape index (κ2) is 10.5. The van der Waals surface area contributed by atoms with Gasteiger partial charge in [0.1, 0.15) is 5.82 Å². The van der Waals surface area contributed by atoms with Crippen LogP contribution in [-0.2, 0) is 6.54 Å². The van der Waals surface area contributed by atoms with Crippen molar-refractivity contribution in [3.05, 3.63) is 66.2 Å². The van der Waals surface area contributed by atoms with E-state index in [0.29, 0.717) is 19.1 Å². The molecule has 0 atom stereocenters. The van der Waals surface area contributed by atoms with E-state index in [4.69, 9.17) is 0 Å². The summed E-state index contributed by atoms with van der Waals surface area (Å²) in [7, 11) is 2.09. The van der Waals surface area contributed by atoms with Gasteiger partial charge in [0, 0.05) is 37.9 Å². The summed E-state index contributed by atoms with van der Waals surface area (Å²) in [6.07, 6.45) is 5.74. The van der Waals surface area contributed by atoms with Gasteiger partial charge in [0.15, 0.2) is 0 Å². The fourth-order valence-electron chi connectivity index (χ4n) is 4.29. The highest BCUT2D eigenvalue weighted by Gasteiger charge is 2.22. The molecule has 2 heterocycles. The van der Waals surface area contributed by atoms with Crippen molar-refractivity contribution in [1.29, 1.82) is 0 Å². The Balaban J connectivity index is 1.59. The molecule has 1 aliphatic heterocycles. The Morgan fingerprint density at radius 2 is 2.00 bits per heavy atom. The molecule has 4 rings (SSSR count). The van der Waals surface area contributed by atoms with Gasteiger partial charge in [-0.15, -0.1) is 0 Å². The molecule has 0 bridgehead atoms. The van der Waals surface area contributed by atoms with Gasteiger partial charge < -0.3 is 20.4 Å². The number of carbonyl (C=O) groups excluding carboxylic acids is 1. The van der Waals surface area contributed by atoms with Crippen molar-refractivity contribution in [3.63, 3.8) is 0 Å². The maximum absolute atomic E-state index is 13.6. The molecule has 0 aliphatic carbocycles. The molecule has 1 saturated heterocycles. The van der Waals surface area contributed by atoms with E-state index in [1.54, 1.807) is 17.2 Å². The Morgan fingerprint density at radius 3 is 2.70 bits per heavy atom. The SMILES string of the molecule is CCN(Cc1cccc(F)c1)C(=O)Nc1ccc(-c2cn[nH]c2)cc1N(C)C1CCNCC1. The molecule has 2 amide bonds. The zero-order valence-electron chi connectivity index (χ0n) is 19.1. The number of H-pyrrole nitrogens is 1. The topological polar surface area (TPSA) is 76.3 Å². The number of nitrogens with one attached hydrogen (secondary N) is 3. The molecular weight excluding hydrogens is 419 g/mol. The van der Waals surface area contributed by atoms with E-state index in [1.807, 2.05) is 31.3 Å². The molecule has 0 radical (unpaired) electrons. The number of urea groups is 1. The van der Waals surface area contributed by atoms with E-state index in [0.717, 1.165) is 54.0 Å². The number of aromatic nitrogens is 2. The lowest BCUT2D eigenvalue weighted by Crippen LogP contribution is -2.41. The Morgan fingerprint density at radius 1 is 1.18 bits per heavy atom. The number of hydrogen-bond donors (Lipinski definition) is 3. The van der Waals surface area contributed by atoms with Crippen LogP contribution in [0.2, 0.25) is 0 Å². The lowest BCUT2D eigenvalue weighted by Gasteiger charge is -2.35. The molecule has 2 aromatic carbocycles. The number of aromatic amines is 1. The molecule has 0 saturated carbocycles. The third-order valence-corrected chi connectivity index (χ3v) is 6.24. The minimum atomic E-state index is -0.301. The molecule has 7 nitrogen and oxygen atoms in total. The first-order chi connectivity index (χ1) is 16.0. The molecule has 3 N–H and O–H groups in total. The summed E-state index contributed by atoms with van der Waals surface area (Å²) >= 11 is 0. The average molecular weight is 451 g/mol. The maximum atomic E-state index is 13.6. The fraction of sp³-hybridized carbons (Fsp3) is 0.360. The molecule has 0 unspecified atom stereocenters. The monoisotopic (exact) mass is 450 g/mol. The third-order valence-electron chi connectivity index (χ3n) is 6.24. The standard InChI is InChI=1S/C25H31FN6O/c1-3-32(17-18-5-4-6-21(26)13-18)25(33)30-23-8-7-19(20-15-28-29-16-20)14-24(23)31(2)22-9-11-27-12-10-22/h4-8,13-16,22,27H,3,9-12,17H2,1-2H3,(H,28,29)(H,30,33). The minimum Gasteiger partial charge on any atom is -0.370 e. The van der Waals surface area contributed by atoms with Gasteiger partial charge in [-0.05, 0) is 68.2 Å². The van der Waals surface area contributed by atoms with Crippen LogP contribution in [0.15, 0.2) is 54.9 Å².